The van der Waals surface area contributed by atoms with Gasteiger partial charge in [0.1, 0.15) is 0 Å². The van der Waals surface area contributed by atoms with Crippen LogP contribution in [0.5, 0.6) is 0 Å². The summed E-state index contributed by atoms with van der Waals surface area (Å²) >= 11 is 0. The Balaban J connectivity index is 1.95. The van der Waals surface area contributed by atoms with Gasteiger partial charge in [-0.25, -0.2) is 0 Å². The first-order chi connectivity index (χ1) is 8.66. The number of pyridine rings is 1. The van der Waals surface area contributed by atoms with Crippen molar-refractivity contribution in [3.05, 3.63) is 47.0 Å². The van der Waals surface area contributed by atoms with E-state index < -0.39 is 0 Å². The van der Waals surface area contributed by atoms with Gasteiger partial charge in [-0.05, 0) is 37.5 Å². The largest absolute Gasteiger partial charge is 0.322 e. The minimum atomic E-state index is -0.0210. The molecule has 0 saturated heterocycles. The molecule has 0 aliphatic heterocycles. The average molecular weight is 242 g/mol. The van der Waals surface area contributed by atoms with Crippen LogP contribution in [0.1, 0.15) is 41.0 Å². The third-order valence-corrected chi connectivity index (χ3v) is 3.82. The first kappa shape index (κ1) is 11.4. The number of fused-ring (bicyclic) bond motifs is 1. The van der Waals surface area contributed by atoms with Crippen molar-refractivity contribution in [1.82, 2.24) is 14.8 Å². The average Bonchev–Trinajstić information content (AvgIpc) is 2.92. The van der Waals surface area contributed by atoms with E-state index in [4.69, 9.17) is 5.73 Å². The molecule has 4 heteroatoms. The lowest BCUT2D eigenvalue weighted by molar-refractivity contribution is 0.505. The highest BCUT2D eigenvalue weighted by Gasteiger charge is 2.31. The Hall–Kier alpha value is -1.68. The number of hydrogen-bond donors (Lipinski definition) is 1. The van der Waals surface area contributed by atoms with E-state index in [0.29, 0.717) is 5.92 Å². The zero-order chi connectivity index (χ0) is 12.7. The molecule has 0 spiro atoms. The molecule has 2 N–H and O–H groups in total. The molecule has 0 fully saturated rings. The van der Waals surface area contributed by atoms with Gasteiger partial charge in [-0.15, -0.1) is 0 Å². The van der Waals surface area contributed by atoms with Gasteiger partial charge in [-0.2, -0.15) is 5.10 Å². The SMILES string of the molecule is Cc1cc(C(N)C2CCc3cccnc32)n(C)n1. The molecule has 3 rings (SSSR count). The molecule has 18 heavy (non-hydrogen) atoms. The number of nitrogens with two attached hydrogens (primary N) is 1. The predicted octanol–water partition coefficient (Wildman–Crippen LogP) is 1.85. The second-order valence-electron chi connectivity index (χ2n) is 5.05. The molecule has 2 unspecified atom stereocenters. The maximum Gasteiger partial charge on any atom is 0.0597 e. The van der Waals surface area contributed by atoms with Gasteiger partial charge in [0, 0.05) is 24.9 Å². The molecule has 0 saturated carbocycles. The Kier molecular flexibility index (Phi) is 2.67. The van der Waals surface area contributed by atoms with Crippen molar-refractivity contribution >= 4 is 0 Å². The molecule has 0 amide bonds. The zero-order valence-electron chi connectivity index (χ0n) is 10.8. The lowest BCUT2D eigenvalue weighted by atomic mass is 9.95. The van der Waals surface area contributed by atoms with Crippen molar-refractivity contribution < 1.29 is 0 Å². The lowest BCUT2D eigenvalue weighted by Crippen LogP contribution is -2.21. The van der Waals surface area contributed by atoms with Crippen molar-refractivity contribution in [2.75, 3.05) is 0 Å². The summed E-state index contributed by atoms with van der Waals surface area (Å²) in [7, 11) is 1.95. The van der Waals surface area contributed by atoms with Crippen LogP contribution in [0.4, 0.5) is 0 Å². The van der Waals surface area contributed by atoms with E-state index in [1.165, 1.54) is 11.3 Å². The van der Waals surface area contributed by atoms with Crippen LogP contribution < -0.4 is 5.73 Å². The molecule has 2 atom stereocenters. The minimum absolute atomic E-state index is 0.0210. The molecule has 0 bridgehead atoms. The molecular formula is C14H18N4. The highest BCUT2D eigenvalue weighted by molar-refractivity contribution is 5.32. The highest BCUT2D eigenvalue weighted by atomic mass is 15.3. The Morgan fingerprint density at radius 1 is 1.50 bits per heavy atom. The smallest absolute Gasteiger partial charge is 0.0597 e. The van der Waals surface area contributed by atoms with E-state index in [1.807, 2.05) is 30.9 Å². The Morgan fingerprint density at radius 2 is 2.33 bits per heavy atom. The van der Waals surface area contributed by atoms with Crippen molar-refractivity contribution in [1.29, 1.82) is 0 Å². The first-order valence-corrected chi connectivity index (χ1v) is 6.36. The van der Waals surface area contributed by atoms with E-state index in [-0.39, 0.29) is 6.04 Å². The summed E-state index contributed by atoms with van der Waals surface area (Å²) in [6.07, 6.45) is 4.02. The second-order valence-corrected chi connectivity index (χ2v) is 5.05. The highest BCUT2D eigenvalue weighted by Crippen LogP contribution is 2.38. The fraction of sp³-hybridized carbons (Fsp3) is 0.429. The van der Waals surface area contributed by atoms with Crippen molar-refractivity contribution in [3.8, 4) is 0 Å². The first-order valence-electron chi connectivity index (χ1n) is 6.36. The molecule has 94 valence electrons. The van der Waals surface area contributed by atoms with Gasteiger partial charge < -0.3 is 5.73 Å². The normalized spacial score (nSPS) is 19.8. The van der Waals surface area contributed by atoms with Gasteiger partial charge in [0.05, 0.1) is 17.4 Å². The number of aromatic nitrogens is 3. The van der Waals surface area contributed by atoms with Crippen LogP contribution >= 0.6 is 0 Å². The molecule has 2 aromatic heterocycles. The summed E-state index contributed by atoms with van der Waals surface area (Å²) in [5, 5.41) is 4.38. The van der Waals surface area contributed by atoms with E-state index in [1.54, 1.807) is 0 Å². The summed E-state index contributed by atoms with van der Waals surface area (Å²) in [5.41, 5.74) is 11.1. The van der Waals surface area contributed by atoms with Gasteiger partial charge in [-0.3, -0.25) is 9.67 Å². The molecule has 1 aliphatic rings. The van der Waals surface area contributed by atoms with Gasteiger partial charge in [0.15, 0.2) is 0 Å². The fourth-order valence-electron chi connectivity index (χ4n) is 2.94. The fourth-order valence-corrected chi connectivity index (χ4v) is 2.94. The van der Waals surface area contributed by atoms with Crippen LogP contribution in [0.25, 0.3) is 0 Å². The molecule has 2 heterocycles. The predicted molar refractivity (Wildman–Crippen MR) is 70.2 cm³/mol. The standard InChI is InChI=1S/C14H18N4/c1-9-8-12(18(2)17-9)13(15)11-6-5-10-4-3-7-16-14(10)11/h3-4,7-8,11,13H,5-6,15H2,1-2H3. The van der Waals surface area contributed by atoms with Crippen molar-refractivity contribution in [2.24, 2.45) is 12.8 Å². The molecule has 4 nitrogen and oxygen atoms in total. The number of hydrogen-bond acceptors (Lipinski definition) is 3. The summed E-state index contributed by atoms with van der Waals surface area (Å²) in [6.45, 7) is 2.00. The topological polar surface area (TPSA) is 56.7 Å². The zero-order valence-corrected chi connectivity index (χ0v) is 10.8. The lowest BCUT2D eigenvalue weighted by Gasteiger charge is -2.19. The third kappa shape index (κ3) is 1.73. The minimum Gasteiger partial charge on any atom is -0.322 e. The quantitative estimate of drug-likeness (QED) is 0.874. The number of nitrogens with zero attached hydrogens (tertiary/aromatic N) is 3. The Labute approximate surface area is 107 Å². The summed E-state index contributed by atoms with van der Waals surface area (Å²) in [6, 6.07) is 6.21. The van der Waals surface area contributed by atoms with E-state index in [9.17, 15) is 0 Å². The van der Waals surface area contributed by atoms with Crippen LogP contribution in [0.3, 0.4) is 0 Å². The van der Waals surface area contributed by atoms with Gasteiger partial charge in [0.2, 0.25) is 0 Å². The van der Waals surface area contributed by atoms with E-state index in [0.717, 1.165) is 24.2 Å². The maximum absolute atomic E-state index is 6.43. The molecule has 2 aromatic rings. The van der Waals surface area contributed by atoms with Crippen molar-refractivity contribution in [3.63, 3.8) is 0 Å². The Morgan fingerprint density at radius 3 is 3.06 bits per heavy atom. The number of aryl methyl sites for hydroxylation is 3. The van der Waals surface area contributed by atoms with E-state index >= 15 is 0 Å². The second kappa shape index (κ2) is 4.21. The Bertz CT molecular complexity index is 573. The third-order valence-electron chi connectivity index (χ3n) is 3.82. The monoisotopic (exact) mass is 242 g/mol. The van der Waals surface area contributed by atoms with Crippen LogP contribution in [0.15, 0.2) is 24.4 Å². The van der Waals surface area contributed by atoms with Crippen LogP contribution in [-0.4, -0.2) is 14.8 Å². The van der Waals surface area contributed by atoms with E-state index in [2.05, 4.69) is 22.2 Å². The van der Waals surface area contributed by atoms with Crippen LogP contribution in [0.2, 0.25) is 0 Å². The molecule has 0 aromatic carbocycles. The van der Waals surface area contributed by atoms with Gasteiger partial charge in [-0.1, -0.05) is 6.07 Å². The molecule has 0 radical (unpaired) electrons. The maximum atomic E-state index is 6.43. The van der Waals surface area contributed by atoms with Crippen molar-refractivity contribution in [2.45, 2.75) is 31.7 Å². The van der Waals surface area contributed by atoms with Crippen LogP contribution in [-0.2, 0) is 13.5 Å². The summed E-state index contributed by atoms with van der Waals surface area (Å²) in [4.78, 5) is 4.51. The molecular weight excluding hydrogens is 224 g/mol. The summed E-state index contributed by atoms with van der Waals surface area (Å²) in [5.74, 6) is 0.316. The molecule has 1 aliphatic carbocycles. The van der Waals surface area contributed by atoms with Gasteiger partial charge in [0.25, 0.3) is 0 Å². The van der Waals surface area contributed by atoms with Crippen LogP contribution in [0, 0.1) is 6.92 Å². The number of rotatable bonds is 2. The summed E-state index contributed by atoms with van der Waals surface area (Å²) < 4.78 is 1.89. The van der Waals surface area contributed by atoms with Gasteiger partial charge >= 0.3 is 0 Å².